The summed E-state index contributed by atoms with van der Waals surface area (Å²) in [5.41, 5.74) is 0. The molecule has 2 aromatic rings. The van der Waals surface area contributed by atoms with Gasteiger partial charge in [0.05, 0.1) is 12.3 Å². The Morgan fingerprint density at radius 2 is 1.81 bits per heavy atom. The molecule has 1 aliphatic rings. The van der Waals surface area contributed by atoms with E-state index in [1.165, 1.54) is 6.26 Å². The Morgan fingerprint density at radius 1 is 1.08 bits per heavy atom. The number of hydrogen-bond acceptors (Lipinski definition) is 4. The van der Waals surface area contributed by atoms with Crippen molar-refractivity contribution in [1.29, 1.82) is 0 Å². The van der Waals surface area contributed by atoms with Crippen LogP contribution in [0.25, 0.3) is 0 Å². The standard InChI is InChI=1S/C17H19F3N2O3S/c18-12-6-7-15(17(20)16(12)19)26(23,24)21-11-13(14-5-4-10-25-14)22-8-2-1-3-9-22/h4-7,10,13,21H,1-3,8-9,11H2. The van der Waals surface area contributed by atoms with E-state index < -0.39 is 32.4 Å². The fraction of sp³-hybridized carbons (Fsp3) is 0.412. The fourth-order valence-electron chi connectivity index (χ4n) is 3.10. The number of likely N-dealkylation sites (tertiary alicyclic amines) is 1. The second-order valence-electron chi connectivity index (χ2n) is 6.15. The third-order valence-corrected chi connectivity index (χ3v) is 5.90. The number of furan rings is 1. The second kappa shape index (κ2) is 7.81. The molecule has 142 valence electrons. The average Bonchev–Trinajstić information content (AvgIpc) is 3.15. The molecular formula is C17H19F3N2O3S. The van der Waals surface area contributed by atoms with Crippen LogP contribution in [-0.2, 0) is 10.0 Å². The van der Waals surface area contributed by atoms with Crippen LogP contribution >= 0.6 is 0 Å². The van der Waals surface area contributed by atoms with Crippen LogP contribution in [0, 0.1) is 17.5 Å². The summed E-state index contributed by atoms with van der Waals surface area (Å²) < 4.78 is 72.7. The van der Waals surface area contributed by atoms with Crippen molar-refractivity contribution < 1.29 is 26.0 Å². The van der Waals surface area contributed by atoms with E-state index in [0.29, 0.717) is 17.9 Å². The summed E-state index contributed by atoms with van der Waals surface area (Å²) in [6, 6.07) is 4.37. The molecule has 2 heterocycles. The Labute approximate surface area is 149 Å². The van der Waals surface area contributed by atoms with E-state index in [0.717, 1.165) is 32.4 Å². The number of piperidine rings is 1. The first-order valence-electron chi connectivity index (χ1n) is 8.31. The van der Waals surface area contributed by atoms with Crippen LogP contribution in [0.5, 0.6) is 0 Å². The number of nitrogens with one attached hydrogen (secondary N) is 1. The van der Waals surface area contributed by atoms with Crippen molar-refractivity contribution >= 4 is 10.0 Å². The summed E-state index contributed by atoms with van der Waals surface area (Å²) in [4.78, 5) is 1.17. The maximum Gasteiger partial charge on any atom is 0.243 e. The molecule has 3 rings (SSSR count). The van der Waals surface area contributed by atoms with Crippen molar-refractivity contribution in [3.05, 3.63) is 53.7 Å². The van der Waals surface area contributed by atoms with Gasteiger partial charge in [-0.25, -0.2) is 26.3 Å². The van der Waals surface area contributed by atoms with E-state index in [4.69, 9.17) is 4.42 Å². The number of nitrogens with zero attached hydrogens (tertiary/aromatic N) is 1. The van der Waals surface area contributed by atoms with Gasteiger partial charge in [-0.1, -0.05) is 6.42 Å². The largest absolute Gasteiger partial charge is 0.468 e. The van der Waals surface area contributed by atoms with Gasteiger partial charge < -0.3 is 4.42 Å². The lowest BCUT2D eigenvalue weighted by atomic mass is 10.1. The second-order valence-corrected chi connectivity index (χ2v) is 7.89. The van der Waals surface area contributed by atoms with E-state index >= 15 is 0 Å². The molecule has 0 spiro atoms. The van der Waals surface area contributed by atoms with Gasteiger partial charge in [-0.2, -0.15) is 0 Å². The lowest BCUT2D eigenvalue weighted by Gasteiger charge is -2.33. The molecule has 9 heteroatoms. The topological polar surface area (TPSA) is 62.6 Å². The minimum atomic E-state index is -4.36. The monoisotopic (exact) mass is 388 g/mol. The Hall–Kier alpha value is -1.84. The van der Waals surface area contributed by atoms with Crippen molar-refractivity contribution in [3.63, 3.8) is 0 Å². The van der Waals surface area contributed by atoms with Crippen LogP contribution in [0.2, 0.25) is 0 Å². The summed E-state index contributed by atoms with van der Waals surface area (Å²) in [5.74, 6) is -4.40. The van der Waals surface area contributed by atoms with Crippen LogP contribution < -0.4 is 4.72 Å². The van der Waals surface area contributed by atoms with Gasteiger partial charge in [-0.05, 0) is 50.2 Å². The number of sulfonamides is 1. The van der Waals surface area contributed by atoms with Gasteiger partial charge >= 0.3 is 0 Å². The van der Waals surface area contributed by atoms with Crippen molar-refractivity contribution in [2.75, 3.05) is 19.6 Å². The van der Waals surface area contributed by atoms with E-state index in [9.17, 15) is 21.6 Å². The first-order chi connectivity index (χ1) is 12.4. The highest BCUT2D eigenvalue weighted by molar-refractivity contribution is 7.89. The molecule has 1 aromatic heterocycles. The predicted octanol–water partition coefficient (Wildman–Crippen LogP) is 3.20. The Morgan fingerprint density at radius 3 is 2.46 bits per heavy atom. The van der Waals surface area contributed by atoms with Gasteiger partial charge in [-0.15, -0.1) is 0 Å². The van der Waals surface area contributed by atoms with Crippen LogP contribution in [0.15, 0.2) is 39.8 Å². The minimum Gasteiger partial charge on any atom is -0.468 e. The summed E-state index contributed by atoms with van der Waals surface area (Å²) in [6.07, 6.45) is 4.58. The first kappa shape index (κ1) is 18.9. The summed E-state index contributed by atoms with van der Waals surface area (Å²) in [7, 11) is -4.36. The highest BCUT2D eigenvalue weighted by atomic mass is 32.2. The van der Waals surface area contributed by atoms with Gasteiger partial charge in [0.15, 0.2) is 17.5 Å². The minimum absolute atomic E-state index is 0.0751. The maximum absolute atomic E-state index is 13.8. The zero-order chi connectivity index (χ0) is 18.7. The molecule has 1 N–H and O–H groups in total. The molecule has 0 radical (unpaired) electrons. The van der Waals surface area contributed by atoms with E-state index in [1.807, 2.05) is 0 Å². The normalized spacial score (nSPS) is 17.3. The van der Waals surface area contributed by atoms with Crippen LogP contribution in [0.3, 0.4) is 0 Å². The molecular weight excluding hydrogens is 369 g/mol. The average molecular weight is 388 g/mol. The van der Waals surface area contributed by atoms with Crippen molar-refractivity contribution in [2.45, 2.75) is 30.2 Å². The predicted molar refractivity (Wildman–Crippen MR) is 88.4 cm³/mol. The summed E-state index contributed by atoms with van der Waals surface area (Å²) >= 11 is 0. The number of halogens is 3. The van der Waals surface area contributed by atoms with Gasteiger partial charge in [0.25, 0.3) is 0 Å². The zero-order valence-corrected chi connectivity index (χ0v) is 14.7. The number of rotatable bonds is 6. The van der Waals surface area contributed by atoms with Gasteiger partial charge in [0.2, 0.25) is 10.0 Å². The SMILES string of the molecule is O=S(=O)(NCC(c1ccco1)N1CCCCC1)c1ccc(F)c(F)c1F. The first-order valence-corrected chi connectivity index (χ1v) is 9.79. The Balaban J connectivity index is 1.81. The molecule has 1 fully saturated rings. The fourth-order valence-corrected chi connectivity index (χ4v) is 4.21. The zero-order valence-electron chi connectivity index (χ0n) is 13.9. The lowest BCUT2D eigenvalue weighted by molar-refractivity contribution is 0.147. The van der Waals surface area contributed by atoms with Crippen LogP contribution in [0.1, 0.15) is 31.1 Å². The smallest absolute Gasteiger partial charge is 0.243 e. The molecule has 26 heavy (non-hydrogen) atoms. The Kier molecular flexibility index (Phi) is 5.69. The lowest BCUT2D eigenvalue weighted by Crippen LogP contribution is -2.40. The third kappa shape index (κ3) is 3.94. The molecule has 1 saturated heterocycles. The van der Waals surface area contributed by atoms with E-state index in [2.05, 4.69) is 9.62 Å². The van der Waals surface area contributed by atoms with Crippen molar-refractivity contribution in [2.24, 2.45) is 0 Å². The van der Waals surface area contributed by atoms with Crippen molar-refractivity contribution in [1.82, 2.24) is 9.62 Å². The van der Waals surface area contributed by atoms with Crippen LogP contribution in [0.4, 0.5) is 13.2 Å². The Bertz CT molecular complexity index is 850. The van der Waals surface area contributed by atoms with Crippen molar-refractivity contribution in [3.8, 4) is 0 Å². The molecule has 0 amide bonds. The van der Waals surface area contributed by atoms with E-state index in [1.54, 1.807) is 12.1 Å². The van der Waals surface area contributed by atoms with Gasteiger partial charge in [0.1, 0.15) is 10.7 Å². The molecule has 1 unspecified atom stereocenters. The highest BCUT2D eigenvalue weighted by Crippen LogP contribution is 2.26. The summed E-state index contributed by atoms with van der Waals surface area (Å²) in [6.45, 7) is 1.49. The third-order valence-electron chi connectivity index (χ3n) is 4.46. The highest BCUT2D eigenvalue weighted by Gasteiger charge is 2.29. The molecule has 1 aromatic carbocycles. The molecule has 0 saturated carbocycles. The van der Waals surface area contributed by atoms with E-state index in [-0.39, 0.29) is 12.6 Å². The summed E-state index contributed by atoms with van der Waals surface area (Å²) in [5, 5.41) is 0. The maximum atomic E-state index is 13.8. The van der Waals surface area contributed by atoms with Crippen LogP contribution in [-0.4, -0.2) is 33.0 Å². The number of hydrogen-bond donors (Lipinski definition) is 1. The molecule has 1 aliphatic heterocycles. The quantitative estimate of drug-likeness (QED) is 0.772. The molecule has 0 bridgehead atoms. The molecule has 5 nitrogen and oxygen atoms in total. The number of benzene rings is 1. The van der Waals surface area contributed by atoms with Gasteiger partial charge in [-0.3, -0.25) is 4.90 Å². The van der Waals surface area contributed by atoms with Gasteiger partial charge in [0, 0.05) is 6.54 Å². The molecule has 1 atom stereocenters. The molecule has 0 aliphatic carbocycles.